The third-order valence-corrected chi connectivity index (χ3v) is 2.88. The molecular formula is C9H21NOSi. The maximum absolute atomic E-state index is 6.50. The van der Waals surface area contributed by atoms with Crippen LogP contribution >= 0.6 is 0 Å². The average molecular weight is 187 g/mol. The minimum Gasteiger partial charge on any atom is -0.255 e. The second-order valence-corrected chi connectivity index (χ2v) is 5.93. The van der Waals surface area contributed by atoms with E-state index in [9.17, 15) is 0 Å². The Hall–Kier alpha value is -0.333. The van der Waals surface area contributed by atoms with Gasteiger partial charge in [-0.25, -0.2) is 5.26 Å². The third-order valence-electron chi connectivity index (χ3n) is 1.53. The maximum atomic E-state index is 6.50. The van der Waals surface area contributed by atoms with E-state index in [1.165, 1.54) is 31.7 Å². The van der Waals surface area contributed by atoms with Crippen LogP contribution in [0.1, 0.15) is 32.6 Å². The number of nitrogens with zero attached hydrogens (tertiary/aromatic N) is 1. The summed E-state index contributed by atoms with van der Waals surface area (Å²) in [5, 5.41) is 6.50. The molecule has 12 heavy (non-hydrogen) atoms. The first kappa shape index (κ1) is 17.7. The molecule has 0 aromatic rings. The third kappa shape index (κ3) is 22.6. The fraction of sp³-hybridized carbons (Fsp3) is 0.889. The number of rotatable bonds is 5. The molecule has 0 unspecified atom stereocenters. The van der Waals surface area contributed by atoms with Gasteiger partial charge in [0.25, 0.3) is 0 Å². The van der Waals surface area contributed by atoms with E-state index in [1.54, 1.807) is 0 Å². The molecule has 72 valence electrons. The highest BCUT2D eigenvalue weighted by Gasteiger charge is 1.93. The summed E-state index contributed by atoms with van der Waals surface area (Å²) >= 11 is 0. The highest BCUT2D eigenvalue weighted by molar-refractivity contribution is 6.55. The molecule has 0 heterocycles. The first-order valence-corrected chi connectivity index (χ1v) is 7.03. The van der Waals surface area contributed by atoms with Crippen LogP contribution in [-0.2, 0) is 0 Å². The fourth-order valence-corrected chi connectivity index (χ4v) is 1.86. The molecule has 0 bridgehead atoms. The molecule has 0 amide bonds. The Kier molecular flexibility index (Phi) is 25.0. The van der Waals surface area contributed by atoms with Gasteiger partial charge in [-0.15, -0.1) is 0 Å². The summed E-state index contributed by atoms with van der Waals surface area (Å²) in [6.45, 7) is 10.6. The Labute approximate surface area is 78.5 Å². The van der Waals surface area contributed by atoms with Gasteiger partial charge in [0, 0.05) is 15.4 Å². The lowest BCUT2D eigenvalue weighted by atomic mass is 10.2. The zero-order chi connectivity index (χ0) is 9.11. The minimum absolute atomic E-state index is 0. The van der Waals surface area contributed by atoms with Crippen molar-refractivity contribution in [3.05, 3.63) is 0 Å². The molecule has 0 atom stereocenters. The predicted octanol–water partition coefficient (Wildman–Crippen LogP) is 3.28. The van der Waals surface area contributed by atoms with Crippen LogP contribution in [0.25, 0.3) is 0 Å². The van der Waals surface area contributed by atoms with E-state index in [2.05, 4.69) is 26.6 Å². The van der Waals surface area contributed by atoms with Crippen LogP contribution in [0.5, 0.6) is 0 Å². The second kappa shape index (κ2) is 17.0. The van der Waals surface area contributed by atoms with E-state index in [0.717, 1.165) is 0 Å². The fourth-order valence-electron chi connectivity index (χ4n) is 0.905. The summed E-state index contributed by atoms with van der Waals surface area (Å²) in [5.41, 5.74) is 0. The summed E-state index contributed by atoms with van der Waals surface area (Å²) in [7, 11) is 0.0849. The standard InChI is InChI=1S/C8H19Si.CHN.HO/c1-4-5-6-7-8-9(2)3;1-2;/h4-8H2,1-3H3;1H;1H. The van der Waals surface area contributed by atoms with Gasteiger partial charge >= 0.3 is 0 Å². The number of unbranched alkanes of at least 4 members (excludes halogenated alkanes) is 3. The van der Waals surface area contributed by atoms with Crippen molar-refractivity contribution < 1.29 is 5.48 Å². The van der Waals surface area contributed by atoms with Gasteiger partial charge in [-0.1, -0.05) is 51.7 Å². The molecule has 0 fully saturated rings. The average Bonchev–Trinajstić information content (AvgIpc) is 2.02. The van der Waals surface area contributed by atoms with Crippen LogP contribution in [0.4, 0.5) is 0 Å². The van der Waals surface area contributed by atoms with E-state index in [0.29, 0.717) is 0 Å². The molecule has 1 N–H and O–H groups in total. The Balaban J connectivity index is -0.000000249. The lowest BCUT2D eigenvalue weighted by Crippen LogP contribution is -1.97. The first-order chi connectivity index (χ1) is 5.27. The zero-order valence-electron chi connectivity index (χ0n) is 8.51. The van der Waals surface area contributed by atoms with Gasteiger partial charge in [-0.2, -0.15) is 0 Å². The summed E-state index contributed by atoms with van der Waals surface area (Å²) in [4.78, 5) is 0. The van der Waals surface area contributed by atoms with E-state index in [4.69, 9.17) is 5.26 Å². The Morgan fingerprint density at radius 2 is 1.58 bits per heavy atom. The molecule has 3 heteroatoms. The SMILES string of the molecule is C#N.CCCCCC[Si](C)C.[OH]. The van der Waals surface area contributed by atoms with Crippen molar-refractivity contribution in [1.82, 2.24) is 0 Å². The summed E-state index contributed by atoms with van der Waals surface area (Å²) in [6.07, 6.45) is 5.76. The zero-order valence-corrected chi connectivity index (χ0v) is 9.51. The Bertz CT molecular complexity index is 83.8. The largest absolute Gasteiger partial charge is 0.255 e. The minimum atomic E-state index is 0. The lowest BCUT2D eigenvalue weighted by molar-refractivity contribution is 0.699. The van der Waals surface area contributed by atoms with E-state index < -0.39 is 0 Å². The number of nitriles is 1. The van der Waals surface area contributed by atoms with Crippen LogP contribution in [0, 0.1) is 11.8 Å². The number of hydrogen-bond acceptors (Lipinski definition) is 1. The van der Waals surface area contributed by atoms with Crippen molar-refractivity contribution in [1.29, 1.82) is 5.26 Å². The van der Waals surface area contributed by atoms with Gasteiger partial charge in [-0.05, 0) is 0 Å². The van der Waals surface area contributed by atoms with Crippen molar-refractivity contribution in [3.63, 3.8) is 0 Å². The molecule has 0 aliphatic heterocycles. The first-order valence-electron chi connectivity index (χ1n) is 4.32. The molecular weight excluding hydrogens is 166 g/mol. The molecule has 0 saturated carbocycles. The van der Waals surface area contributed by atoms with Gasteiger partial charge in [0.1, 0.15) is 0 Å². The van der Waals surface area contributed by atoms with Crippen molar-refractivity contribution in [2.24, 2.45) is 0 Å². The molecule has 2 nitrogen and oxygen atoms in total. The molecule has 0 saturated heterocycles. The van der Waals surface area contributed by atoms with Crippen LogP contribution in [0.15, 0.2) is 0 Å². The highest BCUT2D eigenvalue weighted by Crippen LogP contribution is 2.05. The Morgan fingerprint density at radius 1 is 1.08 bits per heavy atom. The van der Waals surface area contributed by atoms with Crippen molar-refractivity contribution in [3.8, 4) is 6.57 Å². The van der Waals surface area contributed by atoms with Gasteiger partial charge in [-0.3, -0.25) is 5.48 Å². The normalized spacial score (nSPS) is 8.17. The summed E-state index contributed by atoms with van der Waals surface area (Å²) in [5.74, 6) is 0. The Morgan fingerprint density at radius 3 is 1.92 bits per heavy atom. The molecule has 0 aliphatic carbocycles. The van der Waals surface area contributed by atoms with Crippen molar-refractivity contribution in [2.45, 2.75) is 51.7 Å². The van der Waals surface area contributed by atoms with Crippen LogP contribution < -0.4 is 0 Å². The van der Waals surface area contributed by atoms with Crippen LogP contribution in [0.2, 0.25) is 19.1 Å². The van der Waals surface area contributed by atoms with E-state index >= 15 is 0 Å². The molecule has 2 radical (unpaired) electrons. The van der Waals surface area contributed by atoms with Gasteiger partial charge in [0.15, 0.2) is 0 Å². The lowest BCUT2D eigenvalue weighted by Gasteiger charge is -2.00. The molecule has 0 aromatic heterocycles. The second-order valence-electron chi connectivity index (χ2n) is 3.02. The van der Waals surface area contributed by atoms with E-state index in [1.807, 2.05) is 0 Å². The predicted molar refractivity (Wildman–Crippen MR) is 55.0 cm³/mol. The van der Waals surface area contributed by atoms with Crippen molar-refractivity contribution >= 4 is 8.80 Å². The molecule has 0 aromatic carbocycles. The van der Waals surface area contributed by atoms with E-state index in [-0.39, 0.29) is 14.3 Å². The van der Waals surface area contributed by atoms with Gasteiger partial charge in [0.2, 0.25) is 0 Å². The topological polar surface area (TPSA) is 53.8 Å². The summed E-state index contributed by atoms with van der Waals surface area (Å²) < 4.78 is 0. The quantitative estimate of drug-likeness (QED) is 0.521. The van der Waals surface area contributed by atoms with Crippen molar-refractivity contribution in [2.75, 3.05) is 0 Å². The monoisotopic (exact) mass is 187 g/mol. The molecule has 0 rings (SSSR count). The maximum Gasteiger partial charge on any atom is 0.0462 e. The smallest absolute Gasteiger partial charge is 0.0462 e. The van der Waals surface area contributed by atoms with Gasteiger partial charge in [0.05, 0.1) is 0 Å². The molecule has 0 spiro atoms. The summed E-state index contributed by atoms with van der Waals surface area (Å²) in [6, 6.07) is 1.52. The van der Waals surface area contributed by atoms with Gasteiger partial charge < -0.3 is 0 Å². The highest BCUT2D eigenvalue weighted by atomic mass is 28.3. The number of hydrogen-bond donors (Lipinski definition) is 1. The van der Waals surface area contributed by atoms with Crippen LogP contribution in [-0.4, -0.2) is 14.3 Å². The van der Waals surface area contributed by atoms with Crippen LogP contribution in [0.3, 0.4) is 0 Å². The molecule has 0 aliphatic rings.